The molecule has 0 unspecified atom stereocenters. The first-order chi connectivity index (χ1) is 11.6. The number of piperidine rings is 1. The van der Waals surface area contributed by atoms with Crippen LogP contribution in [0.5, 0.6) is 17.2 Å². The van der Waals surface area contributed by atoms with Crippen molar-refractivity contribution in [3.63, 3.8) is 0 Å². The van der Waals surface area contributed by atoms with Gasteiger partial charge in [-0.05, 0) is 25.3 Å². The maximum Gasteiger partial charge on any atom is 0.225 e. The molecule has 1 atom stereocenters. The zero-order valence-corrected chi connectivity index (χ0v) is 15.1. The third kappa shape index (κ3) is 4.77. The first-order valence-corrected chi connectivity index (χ1v) is 8.39. The van der Waals surface area contributed by atoms with Gasteiger partial charge in [0.1, 0.15) is 0 Å². The minimum absolute atomic E-state index is 0.0116. The number of anilines is 1. The SMILES string of the molecule is COc1cc(NC(=O)CCN2CCC[C@H](C)C2)cc(OC)c1OC. The standard InChI is InChI=1S/C18H28N2O4/c1-13-6-5-8-20(12-13)9-7-17(21)19-14-10-15(22-2)18(24-4)16(11-14)23-3/h10-11,13H,5-9,12H2,1-4H3,(H,19,21)/t13-/m0/s1. The molecule has 1 amide bonds. The molecule has 0 spiro atoms. The summed E-state index contributed by atoms with van der Waals surface area (Å²) in [7, 11) is 4.67. The summed E-state index contributed by atoms with van der Waals surface area (Å²) in [5.74, 6) is 2.27. The average molecular weight is 336 g/mol. The third-order valence-corrected chi connectivity index (χ3v) is 4.34. The van der Waals surface area contributed by atoms with Gasteiger partial charge < -0.3 is 24.4 Å². The molecule has 1 aromatic carbocycles. The van der Waals surface area contributed by atoms with E-state index in [1.165, 1.54) is 12.8 Å². The first-order valence-electron chi connectivity index (χ1n) is 8.39. The predicted octanol–water partition coefficient (Wildman–Crippen LogP) is 2.77. The second kappa shape index (κ2) is 8.78. The Morgan fingerprint density at radius 1 is 1.21 bits per heavy atom. The third-order valence-electron chi connectivity index (χ3n) is 4.34. The van der Waals surface area contributed by atoms with Gasteiger partial charge in [0, 0.05) is 37.3 Å². The van der Waals surface area contributed by atoms with Crippen LogP contribution in [0.25, 0.3) is 0 Å². The van der Waals surface area contributed by atoms with Gasteiger partial charge >= 0.3 is 0 Å². The van der Waals surface area contributed by atoms with Crippen molar-refractivity contribution in [2.45, 2.75) is 26.2 Å². The summed E-state index contributed by atoms with van der Waals surface area (Å²) in [4.78, 5) is 14.6. The van der Waals surface area contributed by atoms with E-state index in [-0.39, 0.29) is 5.91 Å². The molecule has 0 bridgehead atoms. The lowest BCUT2D eigenvalue weighted by Crippen LogP contribution is -2.36. The molecule has 1 aliphatic rings. The van der Waals surface area contributed by atoms with Crippen LogP contribution < -0.4 is 19.5 Å². The van der Waals surface area contributed by atoms with E-state index in [9.17, 15) is 4.79 Å². The zero-order chi connectivity index (χ0) is 17.5. The van der Waals surface area contributed by atoms with Crippen LogP contribution in [0.4, 0.5) is 5.69 Å². The average Bonchev–Trinajstić information content (AvgIpc) is 2.59. The van der Waals surface area contributed by atoms with Crippen LogP contribution in [-0.4, -0.2) is 51.8 Å². The number of methoxy groups -OCH3 is 3. The fourth-order valence-corrected chi connectivity index (χ4v) is 3.13. The molecule has 6 nitrogen and oxygen atoms in total. The maximum atomic E-state index is 12.2. The number of nitrogens with one attached hydrogen (secondary N) is 1. The number of likely N-dealkylation sites (tertiary alicyclic amines) is 1. The molecule has 0 aliphatic carbocycles. The molecule has 0 saturated carbocycles. The first kappa shape index (κ1) is 18.4. The lowest BCUT2D eigenvalue weighted by atomic mass is 10.0. The number of benzene rings is 1. The van der Waals surface area contributed by atoms with Gasteiger partial charge in [-0.15, -0.1) is 0 Å². The highest BCUT2D eigenvalue weighted by molar-refractivity contribution is 5.91. The van der Waals surface area contributed by atoms with Crippen LogP contribution in [0.1, 0.15) is 26.2 Å². The molecule has 134 valence electrons. The topological polar surface area (TPSA) is 60.0 Å². The molecule has 1 fully saturated rings. The Morgan fingerprint density at radius 2 is 1.88 bits per heavy atom. The van der Waals surface area contributed by atoms with Gasteiger partial charge in [-0.3, -0.25) is 4.79 Å². The minimum atomic E-state index is -0.0116. The van der Waals surface area contributed by atoms with Crippen molar-refractivity contribution in [1.82, 2.24) is 4.90 Å². The summed E-state index contributed by atoms with van der Waals surface area (Å²) >= 11 is 0. The van der Waals surface area contributed by atoms with Crippen LogP contribution >= 0.6 is 0 Å². The van der Waals surface area contributed by atoms with Crippen LogP contribution in [0, 0.1) is 5.92 Å². The summed E-state index contributed by atoms with van der Waals surface area (Å²) < 4.78 is 15.9. The summed E-state index contributed by atoms with van der Waals surface area (Å²) in [5.41, 5.74) is 0.640. The molecule has 6 heteroatoms. The summed E-state index contributed by atoms with van der Waals surface area (Å²) in [5, 5.41) is 2.91. The van der Waals surface area contributed by atoms with E-state index in [0.717, 1.165) is 25.6 Å². The number of nitrogens with zero attached hydrogens (tertiary/aromatic N) is 1. The number of carbonyl (C=O) groups is 1. The minimum Gasteiger partial charge on any atom is -0.493 e. The number of ether oxygens (including phenoxy) is 3. The monoisotopic (exact) mass is 336 g/mol. The Labute approximate surface area is 144 Å². The Kier molecular flexibility index (Phi) is 6.73. The fourth-order valence-electron chi connectivity index (χ4n) is 3.13. The smallest absolute Gasteiger partial charge is 0.225 e. The van der Waals surface area contributed by atoms with Crippen molar-refractivity contribution in [2.75, 3.05) is 46.3 Å². The highest BCUT2D eigenvalue weighted by Gasteiger charge is 2.18. The normalized spacial score (nSPS) is 18.1. The number of hydrogen-bond donors (Lipinski definition) is 1. The highest BCUT2D eigenvalue weighted by Crippen LogP contribution is 2.39. The Bertz CT molecular complexity index is 537. The van der Waals surface area contributed by atoms with Crippen molar-refractivity contribution in [1.29, 1.82) is 0 Å². The van der Waals surface area contributed by atoms with Crippen LogP contribution in [0.3, 0.4) is 0 Å². The molecular weight excluding hydrogens is 308 g/mol. The molecule has 0 aromatic heterocycles. The lowest BCUT2D eigenvalue weighted by Gasteiger charge is -2.30. The quantitative estimate of drug-likeness (QED) is 0.830. The second-order valence-electron chi connectivity index (χ2n) is 6.26. The van der Waals surface area contributed by atoms with E-state index in [1.54, 1.807) is 33.5 Å². The van der Waals surface area contributed by atoms with E-state index in [0.29, 0.717) is 29.4 Å². The van der Waals surface area contributed by atoms with Crippen LogP contribution in [-0.2, 0) is 4.79 Å². The van der Waals surface area contributed by atoms with Gasteiger partial charge in [-0.25, -0.2) is 0 Å². The fraction of sp³-hybridized carbons (Fsp3) is 0.611. The molecule has 1 heterocycles. The predicted molar refractivity (Wildman–Crippen MR) is 94.2 cm³/mol. The lowest BCUT2D eigenvalue weighted by molar-refractivity contribution is -0.116. The summed E-state index contributed by atoms with van der Waals surface area (Å²) in [6.45, 7) is 5.22. The summed E-state index contributed by atoms with van der Waals surface area (Å²) in [6.07, 6.45) is 2.98. The van der Waals surface area contributed by atoms with Gasteiger partial charge in [0.25, 0.3) is 0 Å². The molecule has 1 aliphatic heterocycles. The number of carbonyl (C=O) groups excluding carboxylic acids is 1. The van der Waals surface area contributed by atoms with Gasteiger partial charge in [0.2, 0.25) is 11.7 Å². The van der Waals surface area contributed by atoms with Crippen molar-refractivity contribution < 1.29 is 19.0 Å². The van der Waals surface area contributed by atoms with Gasteiger partial charge in [0.05, 0.1) is 21.3 Å². The number of amides is 1. The van der Waals surface area contributed by atoms with Crippen molar-refractivity contribution >= 4 is 11.6 Å². The van der Waals surface area contributed by atoms with Crippen molar-refractivity contribution in [2.24, 2.45) is 5.92 Å². The van der Waals surface area contributed by atoms with Gasteiger partial charge in [-0.2, -0.15) is 0 Å². The number of rotatable bonds is 7. The number of hydrogen-bond acceptors (Lipinski definition) is 5. The Morgan fingerprint density at radius 3 is 2.42 bits per heavy atom. The van der Waals surface area contributed by atoms with Crippen molar-refractivity contribution in [3.05, 3.63) is 12.1 Å². The van der Waals surface area contributed by atoms with E-state index in [1.807, 2.05) is 0 Å². The summed E-state index contributed by atoms with van der Waals surface area (Å²) in [6, 6.07) is 3.48. The molecule has 1 N–H and O–H groups in total. The maximum absolute atomic E-state index is 12.2. The van der Waals surface area contributed by atoms with E-state index < -0.39 is 0 Å². The second-order valence-corrected chi connectivity index (χ2v) is 6.26. The molecule has 2 rings (SSSR count). The molecule has 0 radical (unpaired) electrons. The van der Waals surface area contributed by atoms with Crippen LogP contribution in [0.15, 0.2) is 12.1 Å². The Hall–Kier alpha value is -1.95. The van der Waals surface area contributed by atoms with E-state index in [4.69, 9.17) is 14.2 Å². The van der Waals surface area contributed by atoms with Crippen molar-refractivity contribution in [3.8, 4) is 17.2 Å². The largest absolute Gasteiger partial charge is 0.493 e. The van der Waals surface area contributed by atoms with E-state index >= 15 is 0 Å². The molecule has 1 saturated heterocycles. The highest BCUT2D eigenvalue weighted by atomic mass is 16.5. The molecule has 1 aromatic rings. The Balaban J connectivity index is 1.95. The van der Waals surface area contributed by atoms with Gasteiger partial charge in [0.15, 0.2) is 11.5 Å². The van der Waals surface area contributed by atoms with Gasteiger partial charge in [-0.1, -0.05) is 6.92 Å². The molecular formula is C18H28N2O4. The zero-order valence-electron chi connectivity index (χ0n) is 15.1. The van der Waals surface area contributed by atoms with E-state index in [2.05, 4.69) is 17.1 Å². The molecule has 24 heavy (non-hydrogen) atoms. The van der Waals surface area contributed by atoms with Crippen LogP contribution in [0.2, 0.25) is 0 Å².